The highest BCUT2D eigenvalue weighted by Crippen LogP contribution is 2.10. The number of anilines is 1. The van der Waals surface area contributed by atoms with Crippen LogP contribution in [0.25, 0.3) is 0 Å². The van der Waals surface area contributed by atoms with Crippen LogP contribution in [0.5, 0.6) is 0 Å². The van der Waals surface area contributed by atoms with Crippen molar-refractivity contribution in [2.45, 2.75) is 0 Å². The maximum Gasteiger partial charge on any atom is 0.407 e. The number of hydrogen-bond acceptors (Lipinski definition) is 5. The molecule has 1 aromatic rings. The van der Waals surface area contributed by atoms with E-state index in [0.29, 0.717) is 11.3 Å². The summed E-state index contributed by atoms with van der Waals surface area (Å²) in [6, 6.07) is 5.96. The summed E-state index contributed by atoms with van der Waals surface area (Å²) in [7, 11) is -3.35. The van der Waals surface area contributed by atoms with Crippen LogP contribution < -0.4 is 15.4 Å². The van der Waals surface area contributed by atoms with Gasteiger partial charge in [-0.1, -0.05) is 12.7 Å². The first-order chi connectivity index (χ1) is 10.8. The maximum absolute atomic E-state index is 11.9. The quantitative estimate of drug-likeness (QED) is 0.476. The number of alkyl carbamates (subject to hydrolysis) is 1. The Morgan fingerprint density at radius 1 is 1.17 bits per heavy atom. The van der Waals surface area contributed by atoms with E-state index in [1.165, 1.54) is 30.3 Å². The number of sulfonamides is 1. The van der Waals surface area contributed by atoms with Crippen molar-refractivity contribution in [1.29, 1.82) is 0 Å². The normalized spacial score (nSPS) is 10.5. The van der Waals surface area contributed by atoms with Gasteiger partial charge in [0.05, 0.1) is 6.26 Å². The van der Waals surface area contributed by atoms with Crippen LogP contribution >= 0.6 is 0 Å². The predicted octanol–water partition coefficient (Wildman–Crippen LogP) is 0.700. The Balaban J connectivity index is 2.37. The molecule has 1 aromatic carbocycles. The van der Waals surface area contributed by atoms with Gasteiger partial charge in [0, 0.05) is 24.3 Å². The number of carbonyl (C=O) groups is 2. The van der Waals surface area contributed by atoms with Crippen molar-refractivity contribution in [3.63, 3.8) is 0 Å². The lowest BCUT2D eigenvalue weighted by atomic mass is 10.2. The van der Waals surface area contributed by atoms with Crippen molar-refractivity contribution in [3.05, 3.63) is 42.5 Å². The minimum Gasteiger partial charge on any atom is -0.445 e. The van der Waals surface area contributed by atoms with Crippen molar-refractivity contribution >= 4 is 27.7 Å². The molecule has 0 aromatic heterocycles. The number of rotatable bonds is 8. The molecule has 9 heteroatoms. The minimum absolute atomic E-state index is 0.117. The van der Waals surface area contributed by atoms with Crippen LogP contribution in [-0.4, -0.2) is 46.4 Å². The van der Waals surface area contributed by atoms with Crippen LogP contribution in [0.1, 0.15) is 10.4 Å². The zero-order chi connectivity index (χ0) is 17.3. The Bertz CT molecular complexity index is 655. The van der Waals surface area contributed by atoms with Gasteiger partial charge in [0.15, 0.2) is 0 Å². The molecule has 0 saturated heterocycles. The van der Waals surface area contributed by atoms with E-state index in [2.05, 4.69) is 21.9 Å². The van der Waals surface area contributed by atoms with Gasteiger partial charge >= 0.3 is 6.09 Å². The molecule has 0 aliphatic rings. The molecule has 0 bridgehead atoms. The third kappa shape index (κ3) is 7.86. The summed E-state index contributed by atoms with van der Waals surface area (Å²) >= 11 is 0. The fourth-order valence-electron chi connectivity index (χ4n) is 1.53. The van der Waals surface area contributed by atoms with E-state index in [9.17, 15) is 18.0 Å². The average molecular weight is 341 g/mol. The van der Waals surface area contributed by atoms with Gasteiger partial charge in [-0.25, -0.2) is 13.2 Å². The van der Waals surface area contributed by atoms with Crippen molar-refractivity contribution in [3.8, 4) is 0 Å². The van der Waals surface area contributed by atoms with Crippen LogP contribution in [0.3, 0.4) is 0 Å². The molecule has 3 N–H and O–H groups in total. The summed E-state index contributed by atoms with van der Waals surface area (Å²) in [6.45, 7) is 3.97. The molecule has 0 heterocycles. The van der Waals surface area contributed by atoms with E-state index < -0.39 is 16.1 Å². The van der Waals surface area contributed by atoms with Crippen molar-refractivity contribution in [1.82, 2.24) is 10.6 Å². The van der Waals surface area contributed by atoms with E-state index in [4.69, 9.17) is 4.74 Å². The highest BCUT2D eigenvalue weighted by atomic mass is 32.2. The summed E-state index contributed by atoms with van der Waals surface area (Å²) in [5.41, 5.74) is 0.744. The zero-order valence-corrected chi connectivity index (χ0v) is 13.5. The number of amides is 2. The molecular formula is C14H19N3O5S. The highest BCUT2D eigenvalue weighted by molar-refractivity contribution is 7.92. The summed E-state index contributed by atoms with van der Waals surface area (Å²) in [6.07, 6.45) is 1.90. The van der Waals surface area contributed by atoms with Gasteiger partial charge in [-0.3, -0.25) is 9.52 Å². The number of benzene rings is 1. The van der Waals surface area contributed by atoms with Crippen LogP contribution in [0, 0.1) is 0 Å². The largest absolute Gasteiger partial charge is 0.445 e. The first kappa shape index (κ1) is 18.5. The molecule has 126 valence electrons. The standard InChI is InChI=1S/C14H19N3O5S/c1-3-10-22-14(19)16-9-8-15-13(18)11-4-6-12(7-5-11)17-23(2,20)21/h3-7,17H,1,8-10H2,2H3,(H,15,18)(H,16,19). The maximum atomic E-state index is 11.9. The summed E-state index contributed by atoms with van der Waals surface area (Å²) < 4.78 is 29.1. The third-order valence-corrected chi connectivity index (χ3v) is 3.07. The molecule has 0 saturated carbocycles. The Labute approximate surface area is 135 Å². The number of ether oxygens (including phenoxy) is 1. The van der Waals surface area contributed by atoms with Crippen molar-refractivity contribution in [2.75, 3.05) is 30.7 Å². The second-order valence-corrected chi connectivity index (χ2v) is 6.27. The van der Waals surface area contributed by atoms with Gasteiger partial charge in [0.25, 0.3) is 5.91 Å². The molecule has 0 aliphatic carbocycles. The minimum atomic E-state index is -3.35. The summed E-state index contributed by atoms with van der Waals surface area (Å²) in [5, 5.41) is 5.07. The molecule has 0 spiro atoms. The fourth-order valence-corrected chi connectivity index (χ4v) is 2.10. The van der Waals surface area contributed by atoms with Crippen molar-refractivity contribution < 1.29 is 22.7 Å². The SMILES string of the molecule is C=CCOC(=O)NCCNC(=O)c1ccc(NS(C)(=O)=O)cc1. The lowest BCUT2D eigenvalue weighted by Gasteiger charge is -2.08. The van der Waals surface area contributed by atoms with Crippen LogP contribution in [-0.2, 0) is 14.8 Å². The topological polar surface area (TPSA) is 114 Å². The van der Waals surface area contributed by atoms with Gasteiger partial charge in [0.2, 0.25) is 10.0 Å². The lowest BCUT2D eigenvalue weighted by molar-refractivity contribution is 0.0952. The molecule has 0 atom stereocenters. The smallest absolute Gasteiger partial charge is 0.407 e. The first-order valence-electron chi connectivity index (χ1n) is 6.69. The molecule has 0 aliphatic heterocycles. The molecule has 1 rings (SSSR count). The van der Waals surface area contributed by atoms with Crippen LogP contribution in [0.4, 0.5) is 10.5 Å². The van der Waals surface area contributed by atoms with E-state index >= 15 is 0 Å². The predicted molar refractivity (Wildman–Crippen MR) is 86.8 cm³/mol. The van der Waals surface area contributed by atoms with Crippen LogP contribution in [0.2, 0.25) is 0 Å². The third-order valence-electron chi connectivity index (χ3n) is 2.46. The molecule has 23 heavy (non-hydrogen) atoms. The number of hydrogen-bond donors (Lipinski definition) is 3. The average Bonchev–Trinajstić information content (AvgIpc) is 2.48. The van der Waals surface area contributed by atoms with E-state index in [1.54, 1.807) is 0 Å². The van der Waals surface area contributed by atoms with Gasteiger partial charge < -0.3 is 15.4 Å². The molecule has 8 nitrogen and oxygen atoms in total. The first-order valence-corrected chi connectivity index (χ1v) is 8.58. The second-order valence-electron chi connectivity index (χ2n) is 4.52. The molecular weight excluding hydrogens is 322 g/mol. The second kappa shape index (κ2) is 8.79. The van der Waals surface area contributed by atoms with Crippen LogP contribution in [0.15, 0.2) is 36.9 Å². The van der Waals surface area contributed by atoms with Gasteiger partial charge in [-0.05, 0) is 24.3 Å². The van der Waals surface area contributed by atoms with Gasteiger partial charge in [0.1, 0.15) is 6.61 Å². The molecule has 0 fully saturated rings. The van der Waals surface area contributed by atoms with Gasteiger partial charge in [-0.15, -0.1) is 0 Å². The molecule has 2 amide bonds. The Hall–Kier alpha value is -2.55. The molecule has 0 radical (unpaired) electrons. The fraction of sp³-hybridized carbons (Fsp3) is 0.286. The lowest BCUT2D eigenvalue weighted by Crippen LogP contribution is -2.35. The van der Waals surface area contributed by atoms with E-state index in [0.717, 1.165) is 6.26 Å². The van der Waals surface area contributed by atoms with Gasteiger partial charge in [-0.2, -0.15) is 0 Å². The van der Waals surface area contributed by atoms with Crippen molar-refractivity contribution in [2.24, 2.45) is 0 Å². The number of carbonyl (C=O) groups excluding carboxylic acids is 2. The summed E-state index contributed by atoms with van der Waals surface area (Å²) in [4.78, 5) is 23.0. The summed E-state index contributed by atoms with van der Waals surface area (Å²) in [5.74, 6) is -0.336. The van der Waals surface area contributed by atoms with E-state index in [1.807, 2.05) is 0 Å². The monoisotopic (exact) mass is 341 g/mol. The Morgan fingerprint density at radius 3 is 2.35 bits per heavy atom. The highest BCUT2D eigenvalue weighted by Gasteiger charge is 2.07. The molecule has 0 unspecified atom stereocenters. The Kier molecular flexibility index (Phi) is 7.07. The Morgan fingerprint density at radius 2 is 1.78 bits per heavy atom. The number of nitrogens with one attached hydrogen (secondary N) is 3. The zero-order valence-electron chi connectivity index (χ0n) is 12.7. The van der Waals surface area contributed by atoms with E-state index in [-0.39, 0.29) is 25.6 Å².